The van der Waals surface area contributed by atoms with Gasteiger partial charge in [-0.2, -0.15) is 0 Å². The maximum atomic E-state index is 11.6. The van der Waals surface area contributed by atoms with Crippen LogP contribution in [-0.4, -0.2) is 211 Å². The van der Waals surface area contributed by atoms with Gasteiger partial charge in [-0.05, 0) is 116 Å². The zero-order valence-electron chi connectivity index (χ0n) is 54.1. The number of carbonyl (C=O) groups is 8. The van der Waals surface area contributed by atoms with Gasteiger partial charge in [0, 0.05) is 46.6 Å². The van der Waals surface area contributed by atoms with Crippen LogP contribution in [0.25, 0.3) is 0 Å². The smallest absolute Gasteiger partial charge is 0.354 e. The molecule has 0 atom stereocenters. The number of aromatic nitrogens is 1. The number of ether oxygens (including phenoxy) is 4. The third-order valence-corrected chi connectivity index (χ3v) is 19.0. The predicted octanol–water partition coefficient (Wildman–Crippen LogP) is -0.585. The second kappa shape index (κ2) is 46.7. The summed E-state index contributed by atoms with van der Waals surface area (Å²) in [6.07, 6.45) is 3.71. The highest BCUT2D eigenvalue weighted by molar-refractivity contribution is 7.95. The molecule has 6 rings (SSSR count). The van der Waals surface area contributed by atoms with Gasteiger partial charge in [0.15, 0.2) is 17.3 Å². The summed E-state index contributed by atoms with van der Waals surface area (Å²) >= 11 is 0. The number of quaternary nitrogens is 2. The van der Waals surface area contributed by atoms with E-state index in [1.54, 1.807) is 7.11 Å². The molecule has 0 unspecified atom stereocenters. The summed E-state index contributed by atoms with van der Waals surface area (Å²) in [5.74, 6) is -10.7. The molecule has 1 aromatic heterocycles. The van der Waals surface area contributed by atoms with Crippen LogP contribution in [0.4, 0.5) is 0 Å². The number of carbonyl (C=O) groups excluding carboxylic acids is 2. The Kier molecular flexibility index (Phi) is 45.6. The molecular formula is C65H92Br2IN4O18P. The maximum absolute atomic E-state index is 11.6. The van der Waals surface area contributed by atoms with Crippen molar-refractivity contribution in [2.24, 2.45) is 5.92 Å². The predicted molar refractivity (Wildman–Crippen MR) is 339 cm³/mol. The average Bonchev–Trinajstić information content (AvgIpc) is 1.72. The molecule has 2 amide bonds. The molecule has 6 N–H and O–H groups in total. The van der Waals surface area contributed by atoms with Crippen LogP contribution in [0.3, 0.4) is 0 Å². The summed E-state index contributed by atoms with van der Waals surface area (Å²) in [5.41, 5.74) is -1.91. The fourth-order valence-corrected chi connectivity index (χ4v) is 12.5. The van der Waals surface area contributed by atoms with Crippen LogP contribution >= 0.6 is 7.26 Å². The normalized spacial score (nSPS) is 11.2. The third kappa shape index (κ3) is 29.9. The first-order valence-electron chi connectivity index (χ1n) is 29.0. The van der Waals surface area contributed by atoms with E-state index in [1.165, 1.54) is 79.4 Å². The summed E-state index contributed by atoms with van der Waals surface area (Å²) in [6.45, 7) is 21.8. The summed E-state index contributed by atoms with van der Waals surface area (Å²) in [4.78, 5) is 91.9. The minimum atomic E-state index is -1.53. The van der Waals surface area contributed by atoms with Gasteiger partial charge in [-0.15, -0.1) is 0 Å². The van der Waals surface area contributed by atoms with Gasteiger partial charge in [0.2, 0.25) is 0 Å². The molecule has 0 fully saturated rings. The van der Waals surface area contributed by atoms with Crippen molar-refractivity contribution in [3.05, 3.63) is 149 Å². The van der Waals surface area contributed by atoms with Crippen molar-refractivity contribution in [1.29, 1.82) is 0 Å². The average molecular weight is 1540 g/mol. The molecule has 0 radical (unpaired) electrons. The molecule has 0 saturated carbocycles. The van der Waals surface area contributed by atoms with Gasteiger partial charge in [-0.1, -0.05) is 54.6 Å². The number of nitrogens with zero attached hydrogens (tertiary/aromatic N) is 4. The van der Waals surface area contributed by atoms with Crippen molar-refractivity contribution < 1.29 is 155 Å². The summed E-state index contributed by atoms with van der Waals surface area (Å²) < 4.78 is 22.3. The molecule has 4 aromatic carbocycles. The van der Waals surface area contributed by atoms with Crippen LogP contribution < -0.4 is 78.6 Å². The first-order chi connectivity index (χ1) is 41.7. The number of carboxylic acid groups (broad SMARTS) is 6. The Bertz CT molecular complexity index is 2780. The number of rotatable bonds is 28. The van der Waals surface area contributed by atoms with Crippen molar-refractivity contribution in [3.63, 3.8) is 0 Å². The minimum absolute atomic E-state index is 0. The van der Waals surface area contributed by atoms with Crippen molar-refractivity contribution in [3.8, 4) is 5.75 Å². The molecule has 91 heavy (non-hydrogen) atoms. The maximum Gasteiger partial charge on any atom is 0.354 e. The molecule has 506 valence electrons. The molecule has 1 aliphatic heterocycles. The highest BCUT2D eigenvalue weighted by Gasteiger charge is 2.43. The largest absolute Gasteiger partial charge is 1.00 e. The van der Waals surface area contributed by atoms with Gasteiger partial charge in [0.05, 0.1) is 102 Å². The number of carboxylic acids is 6. The molecule has 22 nitrogen and oxygen atoms in total. The molecular weight excluding hydrogens is 1440 g/mol. The van der Waals surface area contributed by atoms with E-state index in [1.807, 2.05) is 0 Å². The van der Waals surface area contributed by atoms with Crippen LogP contribution in [0.2, 0.25) is 0 Å². The topological polar surface area (TPSA) is 311 Å². The van der Waals surface area contributed by atoms with Gasteiger partial charge in [-0.25, -0.2) is 24.2 Å². The molecule has 2 heterocycles. The van der Waals surface area contributed by atoms with E-state index >= 15 is 0 Å². The SMILES string of the molecule is CC[N+](C)(C)C.CC[N+](CC)(CC)CC.CC[P+](c1ccccc1)(c1ccccc1)c1ccccc1.CN1C(=O)c2cc(C(=O)O)c(C(=O)O)cc2C1=O.COCCCCCOc1cc(C(=O)O)nc(C(=O)O)c1.COCCOCCC(C(=O)O)C(=O)O.[Br-].[Br-].[I-]. The highest BCUT2D eigenvalue weighted by atomic mass is 127. The van der Waals surface area contributed by atoms with Gasteiger partial charge < -0.3 is 116 Å². The number of hydrogen-bond donors (Lipinski definition) is 6. The van der Waals surface area contributed by atoms with E-state index in [0.29, 0.717) is 26.4 Å². The van der Waals surface area contributed by atoms with Gasteiger partial charge in [-0.3, -0.25) is 24.1 Å². The van der Waals surface area contributed by atoms with Crippen LogP contribution in [0, 0.1) is 5.92 Å². The summed E-state index contributed by atoms with van der Waals surface area (Å²) in [5, 5.41) is 56.9. The second-order valence-corrected chi connectivity index (χ2v) is 24.6. The van der Waals surface area contributed by atoms with Crippen molar-refractivity contribution in [2.45, 2.75) is 67.2 Å². The lowest BCUT2D eigenvalue weighted by molar-refractivity contribution is -0.921. The molecule has 0 bridgehead atoms. The van der Waals surface area contributed by atoms with Crippen LogP contribution in [0.1, 0.15) is 130 Å². The zero-order valence-corrected chi connectivity index (χ0v) is 60.3. The molecule has 26 heteroatoms. The fraction of sp³-hybridized carbons (Fsp3) is 0.431. The number of unbranched alkanes of at least 4 members (excludes halogenated alkanes) is 2. The fourth-order valence-electron chi connectivity index (χ4n) is 8.47. The van der Waals surface area contributed by atoms with E-state index < -0.39 is 71.9 Å². The van der Waals surface area contributed by atoms with Gasteiger partial charge in [0.25, 0.3) is 11.8 Å². The van der Waals surface area contributed by atoms with Gasteiger partial charge >= 0.3 is 35.8 Å². The van der Waals surface area contributed by atoms with E-state index in [4.69, 9.17) is 44.8 Å². The van der Waals surface area contributed by atoms with Crippen molar-refractivity contribution >= 4 is 70.8 Å². The van der Waals surface area contributed by atoms with Crippen molar-refractivity contribution in [1.82, 2.24) is 9.88 Å². The Morgan fingerprint density at radius 1 is 0.516 bits per heavy atom. The number of pyridine rings is 1. The number of halogens is 3. The number of aliphatic carboxylic acids is 2. The quantitative estimate of drug-likeness (QED) is 0.00911. The highest BCUT2D eigenvalue weighted by Crippen LogP contribution is 2.54. The lowest BCUT2D eigenvalue weighted by atomic mass is 9.99. The lowest BCUT2D eigenvalue weighted by Crippen LogP contribution is -3.00. The first kappa shape index (κ1) is 88.9. The monoisotopic (exact) mass is 1530 g/mol. The van der Waals surface area contributed by atoms with E-state index in [0.717, 1.165) is 46.9 Å². The van der Waals surface area contributed by atoms with Crippen molar-refractivity contribution in [2.75, 3.05) is 114 Å². The number of aromatic carboxylic acids is 4. The lowest BCUT2D eigenvalue weighted by Gasteiger charge is -2.34. The molecule has 0 saturated heterocycles. The second-order valence-electron chi connectivity index (χ2n) is 20.8. The number of fused-ring (bicyclic) bond motifs is 1. The van der Waals surface area contributed by atoms with Crippen LogP contribution in [0.15, 0.2) is 115 Å². The minimum Gasteiger partial charge on any atom is -1.00 e. The molecule has 0 spiro atoms. The first-order valence-corrected chi connectivity index (χ1v) is 30.9. The van der Waals surface area contributed by atoms with Crippen LogP contribution in [-0.2, 0) is 23.8 Å². The number of methoxy groups -OCH3 is 2. The zero-order chi connectivity index (χ0) is 66.6. The Morgan fingerprint density at radius 3 is 1.16 bits per heavy atom. The summed E-state index contributed by atoms with van der Waals surface area (Å²) in [6, 6.07) is 37.3. The number of benzene rings is 4. The standard InChI is InChI=1S/C20H20P.C13H17NO6.C11H7NO6.C8H20N.C8H14O6.C5H14N.2BrH.HI/c1-2-21(18-12-6-3-7-13-18,19-14-8-4-9-15-19)20-16-10-5-11-17-20;1-19-5-3-2-4-6-20-9-7-10(12(15)16)14-11(8-9)13(17)18;1-12-8(13)4-2-6(10(15)16)7(11(17)18)3-5(4)9(12)14;1-5-9(6-2,7-3)8-4;1-13-4-5-14-3-2-6(7(9)10)8(11)12;1-5-6(2,3)4;;;/h3-17H,2H2,1H3;7-8H,2-6H2,1H3,(H,15,16)(H,17,18);2-3H,1H3,(H,15,16)(H,17,18);5-8H2,1-4H3;6H,2-5H2,1H3,(H,9,10)(H,11,12);5H2,1-4H3;3*1H/q+1;;;+1;;+1;;;/p-3. The Hall–Kier alpha value is -6.29. The van der Waals surface area contributed by atoms with Gasteiger partial charge in [0.1, 0.15) is 28.9 Å². The number of imide groups is 1. The number of amides is 2. The number of hydrogen-bond acceptors (Lipinski definition) is 13. The Balaban J connectivity index is -0.00000105. The summed E-state index contributed by atoms with van der Waals surface area (Å²) in [7, 11) is 9.40. The van der Waals surface area contributed by atoms with E-state index in [-0.39, 0.29) is 99.2 Å². The molecule has 5 aromatic rings. The molecule has 1 aliphatic rings. The molecule has 0 aliphatic carbocycles. The van der Waals surface area contributed by atoms with Crippen LogP contribution in [0.5, 0.6) is 5.75 Å². The van der Waals surface area contributed by atoms with E-state index in [9.17, 15) is 38.4 Å². The Morgan fingerprint density at radius 2 is 0.879 bits per heavy atom. The van der Waals surface area contributed by atoms with E-state index in [2.05, 4.69) is 163 Å². The Labute approximate surface area is 574 Å². The third-order valence-electron chi connectivity index (χ3n) is 14.5.